The van der Waals surface area contributed by atoms with E-state index in [1.165, 1.54) is 0 Å². The van der Waals surface area contributed by atoms with Crippen molar-refractivity contribution in [2.45, 2.75) is 0 Å². The highest BCUT2D eigenvalue weighted by atomic mass is 16.5. The molecular weight excluding hydrogens is 372 g/mol. The second kappa shape index (κ2) is 7.63. The fourth-order valence-electron chi connectivity index (χ4n) is 3.18. The molecule has 0 saturated heterocycles. The first kappa shape index (κ1) is 18.5. The van der Waals surface area contributed by atoms with Crippen molar-refractivity contribution in [2.75, 3.05) is 26.6 Å². The molecule has 0 fully saturated rings. The van der Waals surface area contributed by atoms with Crippen LogP contribution >= 0.6 is 0 Å². The Kier molecular flexibility index (Phi) is 4.87. The molecule has 0 spiro atoms. The van der Waals surface area contributed by atoms with Crippen LogP contribution in [0.2, 0.25) is 0 Å². The first-order valence-corrected chi connectivity index (χ1v) is 8.89. The molecule has 1 heterocycles. The third-order valence-corrected chi connectivity index (χ3v) is 4.49. The van der Waals surface area contributed by atoms with Crippen molar-refractivity contribution in [3.05, 3.63) is 54.6 Å². The summed E-state index contributed by atoms with van der Waals surface area (Å²) < 4.78 is 22.1. The van der Waals surface area contributed by atoms with Gasteiger partial charge in [0, 0.05) is 23.4 Å². The van der Waals surface area contributed by atoms with E-state index >= 15 is 0 Å². The third kappa shape index (κ3) is 3.50. The Labute approximate surface area is 167 Å². The Balaban J connectivity index is 1.74. The zero-order valence-corrected chi connectivity index (χ0v) is 16.2. The second-order valence-electron chi connectivity index (χ2n) is 6.26. The number of fused-ring (bicyclic) bond motifs is 1. The lowest BCUT2D eigenvalue weighted by Crippen LogP contribution is -1.97. The zero-order chi connectivity index (χ0) is 20.4. The van der Waals surface area contributed by atoms with E-state index in [9.17, 15) is 5.11 Å². The molecule has 3 aromatic carbocycles. The van der Waals surface area contributed by atoms with Gasteiger partial charge in [-0.3, -0.25) is 0 Å². The summed E-state index contributed by atoms with van der Waals surface area (Å²) in [7, 11) is 4.67. The molecule has 0 aliphatic carbocycles. The summed E-state index contributed by atoms with van der Waals surface area (Å²) in [5, 5.41) is 12.9. The number of aromatic hydroxyl groups is 1. The van der Waals surface area contributed by atoms with Gasteiger partial charge in [-0.15, -0.1) is 0 Å². The van der Waals surface area contributed by atoms with Gasteiger partial charge in [0.05, 0.1) is 21.3 Å². The van der Waals surface area contributed by atoms with Crippen LogP contribution < -0.4 is 19.5 Å². The highest BCUT2D eigenvalue weighted by Crippen LogP contribution is 2.41. The SMILES string of the molecule is COc1cc(Nc2nc3cccc(-c4cccc(O)c4)c3o2)cc(OC)c1OC. The minimum atomic E-state index is 0.190. The third-order valence-electron chi connectivity index (χ3n) is 4.49. The quantitative estimate of drug-likeness (QED) is 0.479. The molecular formula is C22H20N2O5. The predicted octanol–water partition coefficient (Wildman–Crippen LogP) is 4.97. The molecule has 7 nitrogen and oxygen atoms in total. The number of rotatable bonds is 6. The van der Waals surface area contributed by atoms with Crippen molar-refractivity contribution in [1.29, 1.82) is 0 Å². The zero-order valence-electron chi connectivity index (χ0n) is 16.2. The molecule has 0 atom stereocenters. The minimum Gasteiger partial charge on any atom is -0.508 e. The number of hydrogen-bond acceptors (Lipinski definition) is 7. The van der Waals surface area contributed by atoms with Crippen LogP contribution in [0.3, 0.4) is 0 Å². The van der Waals surface area contributed by atoms with Crippen molar-refractivity contribution < 1.29 is 23.7 Å². The van der Waals surface area contributed by atoms with Crippen LogP contribution in [-0.2, 0) is 0 Å². The lowest BCUT2D eigenvalue weighted by atomic mass is 10.0. The van der Waals surface area contributed by atoms with Crippen molar-refractivity contribution in [2.24, 2.45) is 0 Å². The number of phenols is 1. The number of ether oxygens (including phenoxy) is 3. The summed E-state index contributed by atoms with van der Waals surface area (Å²) in [6, 6.07) is 16.5. The minimum absolute atomic E-state index is 0.190. The summed E-state index contributed by atoms with van der Waals surface area (Å²) in [5.41, 5.74) is 3.66. The van der Waals surface area contributed by atoms with Gasteiger partial charge in [-0.05, 0) is 23.8 Å². The number of para-hydroxylation sites is 1. The Morgan fingerprint density at radius 2 is 1.62 bits per heavy atom. The molecule has 29 heavy (non-hydrogen) atoms. The molecule has 0 saturated carbocycles. The highest BCUT2D eigenvalue weighted by molar-refractivity contribution is 5.91. The number of phenolic OH excluding ortho intramolecular Hbond substituents is 1. The van der Waals surface area contributed by atoms with Gasteiger partial charge < -0.3 is 29.1 Å². The predicted molar refractivity (Wildman–Crippen MR) is 110 cm³/mol. The monoisotopic (exact) mass is 392 g/mol. The number of aromatic nitrogens is 1. The molecule has 7 heteroatoms. The van der Waals surface area contributed by atoms with Gasteiger partial charge in [0.25, 0.3) is 6.01 Å². The van der Waals surface area contributed by atoms with Crippen LogP contribution in [0, 0.1) is 0 Å². The number of anilines is 2. The largest absolute Gasteiger partial charge is 0.508 e. The van der Waals surface area contributed by atoms with Crippen molar-refractivity contribution >= 4 is 22.8 Å². The van der Waals surface area contributed by atoms with Crippen LogP contribution in [0.15, 0.2) is 59.0 Å². The molecule has 148 valence electrons. The Bertz CT molecular complexity index is 1140. The number of oxazole rings is 1. The van der Waals surface area contributed by atoms with E-state index in [0.29, 0.717) is 40.1 Å². The lowest BCUT2D eigenvalue weighted by Gasteiger charge is -2.14. The number of benzene rings is 3. The molecule has 0 aliphatic heterocycles. The maximum absolute atomic E-state index is 9.80. The van der Waals surface area contributed by atoms with Crippen LogP contribution in [0.4, 0.5) is 11.7 Å². The van der Waals surface area contributed by atoms with Gasteiger partial charge in [0.15, 0.2) is 17.1 Å². The number of methoxy groups -OCH3 is 3. The molecule has 4 rings (SSSR count). The molecule has 4 aromatic rings. The lowest BCUT2D eigenvalue weighted by molar-refractivity contribution is 0.324. The van der Waals surface area contributed by atoms with Gasteiger partial charge in [0.2, 0.25) is 5.75 Å². The van der Waals surface area contributed by atoms with Gasteiger partial charge in [-0.1, -0.05) is 24.3 Å². The molecule has 0 amide bonds. The smallest absolute Gasteiger partial charge is 0.300 e. The van der Waals surface area contributed by atoms with Crippen molar-refractivity contribution in [3.63, 3.8) is 0 Å². The Hall–Kier alpha value is -3.87. The van der Waals surface area contributed by atoms with E-state index < -0.39 is 0 Å². The molecule has 0 aliphatic rings. The average Bonchev–Trinajstić information content (AvgIpc) is 3.15. The Morgan fingerprint density at radius 1 is 0.897 bits per heavy atom. The van der Waals surface area contributed by atoms with Crippen LogP contribution in [-0.4, -0.2) is 31.4 Å². The fraction of sp³-hybridized carbons (Fsp3) is 0.136. The van der Waals surface area contributed by atoms with Gasteiger partial charge >= 0.3 is 0 Å². The molecule has 0 radical (unpaired) electrons. The topological polar surface area (TPSA) is 86.0 Å². The summed E-state index contributed by atoms with van der Waals surface area (Å²) >= 11 is 0. The molecule has 0 unspecified atom stereocenters. The van der Waals surface area contributed by atoms with Gasteiger partial charge in [0.1, 0.15) is 11.3 Å². The summed E-state index contributed by atoms with van der Waals surface area (Å²) in [6.07, 6.45) is 0. The van der Waals surface area contributed by atoms with Crippen molar-refractivity contribution in [3.8, 4) is 34.1 Å². The molecule has 0 bridgehead atoms. The maximum atomic E-state index is 9.80. The van der Waals surface area contributed by atoms with E-state index in [0.717, 1.165) is 11.1 Å². The van der Waals surface area contributed by atoms with E-state index in [4.69, 9.17) is 18.6 Å². The van der Waals surface area contributed by atoms with Crippen molar-refractivity contribution in [1.82, 2.24) is 4.98 Å². The number of nitrogens with one attached hydrogen (secondary N) is 1. The summed E-state index contributed by atoms with van der Waals surface area (Å²) in [6.45, 7) is 0. The van der Waals surface area contributed by atoms with Gasteiger partial charge in [-0.2, -0.15) is 4.98 Å². The van der Waals surface area contributed by atoms with Crippen LogP contribution in [0.25, 0.3) is 22.2 Å². The Morgan fingerprint density at radius 3 is 2.28 bits per heavy atom. The van der Waals surface area contributed by atoms with E-state index in [2.05, 4.69) is 10.3 Å². The number of nitrogens with zero attached hydrogens (tertiary/aromatic N) is 1. The molecule has 1 aromatic heterocycles. The van der Waals surface area contributed by atoms with E-state index in [1.54, 1.807) is 51.7 Å². The molecule has 2 N–H and O–H groups in total. The second-order valence-corrected chi connectivity index (χ2v) is 6.26. The number of hydrogen-bond donors (Lipinski definition) is 2. The van der Waals surface area contributed by atoms with Gasteiger partial charge in [-0.25, -0.2) is 0 Å². The normalized spacial score (nSPS) is 10.7. The van der Waals surface area contributed by atoms with E-state index in [-0.39, 0.29) is 5.75 Å². The van der Waals surface area contributed by atoms with E-state index in [1.807, 2.05) is 24.3 Å². The first-order chi connectivity index (χ1) is 14.1. The van der Waals surface area contributed by atoms with Crippen LogP contribution in [0.5, 0.6) is 23.0 Å². The summed E-state index contributed by atoms with van der Waals surface area (Å²) in [4.78, 5) is 4.52. The van der Waals surface area contributed by atoms with Crippen LogP contribution in [0.1, 0.15) is 0 Å². The average molecular weight is 392 g/mol. The standard InChI is InChI=1S/C22H20N2O5/c1-26-18-11-14(12-19(27-2)21(18)28-3)23-22-24-17-9-5-8-16(20(17)29-22)13-6-4-7-15(25)10-13/h4-12,25H,1-3H3,(H,23,24). The fourth-order valence-corrected chi connectivity index (χ4v) is 3.18. The highest BCUT2D eigenvalue weighted by Gasteiger charge is 2.16. The first-order valence-electron chi connectivity index (χ1n) is 8.89. The maximum Gasteiger partial charge on any atom is 0.300 e. The summed E-state index contributed by atoms with van der Waals surface area (Å²) in [5.74, 6) is 1.73.